The molecule has 0 fully saturated rings. The lowest BCUT2D eigenvalue weighted by Gasteiger charge is -2.12. The summed E-state index contributed by atoms with van der Waals surface area (Å²) < 4.78 is 6.57. The van der Waals surface area contributed by atoms with Crippen LogP contribution in [0.25, 0.3) is 11.0 Å². The van der Waals surface area contributed by atoms with E-state index in [0.29, 0.717) is 22.5 Å². The summed E-state index contributed by atoms with van der Waals surface area (Å²) in [7, 11) is 1.32. The SMILES string of the molecule is COC(=O)c1ccc(C)c(NC(=O)c2cc3cnn(C(C)C)c3nc2C)c1. The number of nitrogens with zero attached hydrogens (tertiary/aromatic N) is 3. The molecule has 0 spiro atoms. The van der Waals surface area contributed by atoms with Gasteiger partial charge in [-0.25, -0.2) is 14.5 Å². The standard InChI is InChI=1S/C20H22N4O3/c1-11(2)24-18-15(10-21-24)8-16(13(4)22-18)19(25)23-17-9-14(20(26)27-5)7-6-12(17)3/h6-11H,1-5H3,(H,23,25). The molecule has 1 aromatic carbocycles. The van der Waals surface area contributed by atoms with Crippen LogP contribution in [-0.2, 0) is 4.74 Å². The lowest BCUT2D eigenvalue weighted by Crippen LogP contribution is -2.16. The number of hydrogen-bond acceptors (Lipinski definition) is 5. The van der Waals surface area contributed by atoms with E-state index in [4.69, 9.17) is 4.74 Å². The van der Waals surface area contributed by atoms with E-state index in [1.165, 1.54) is 7.11 Å². The first-order chi connectivity index (χ1) is 12.8. The molecule has 0 atom stereocenters. The van der Waals surface area contributed by atoms with Gasteiger partial charge in [0.05, 0.1) is 30.1 Å². The topological polar surface area (TPSA) is 86.1 Å². The minimum absolute atomic E-state index is 0.179. The summed E-state index contributed by atoms with van der Waals surface area (Å²) in [6.45, 7) is 7.71. The molecular formula is C20H22N4O3. The highest BCUT2D eigenvalue weighted by atomic mass is 16.5. The van der Waals surface area contributed by atoms with Crippen molar-refractivity contribution in [3.8, 4) is 0 Å². The fourth-order valence-corrected chi connectivity index (χ4v) is 2.86. The van der Waals surface area contributed by atoms with Gasteiger partial charge < -0.3 is 10.1 Å². The van der Waals surface area contributed by atoms with Gasteiger partial charge in [0.2, 0.25) is 0 Å². The zero-order valence-corrected chi connectivity index (χ0v) is 16.0. The summed E-state index contributed by atoms with van der Waals surface area (Å²) in [6.07, 6.45) is 1.71. The third kappa shape index (κ3) is 3.53. The quantitative estimate of drug-likeness (QED) is 0.712. The van der Waals surface area contributed by atoms with Crippen molar-refractivity contribution in [2.24, 2.45) is 0 Å². The van der Waals surface area contributed by atoms with Crippen LogP contribution in [0.1, 0.15) is 51.9 Å². The molecule has 3 rings (SSSR count). The van der Waals surface area contributed by atoms with E-state index in [-0.39, 0.29) is 11.9 Å². The molecule has 0 aliphatic rings. The zero-order valence-electron chi connectivity index (χ0n) is 16.0. The molecular weight excluding hydrogens is 344 g/mol. The summed E-state index contributed by atoms with van der Waals surface area (Å²) in [5.74, 6) is -0.741. The summed E-state index contributed by atoms with van der Waals surface area (Å²) in [5.41, 5.74) is 3.61. The lowest BCUT2D eigenvalue weighted by molar-refractivity contribution is 0.0600. The van der Waals surface area contributed by atoms with Gasteiger partial charge in [-0.05, 0) is 51.5 Å². The summed E-state index contributed by atoms with van der Waals surface area (Å²) >= 11 is 0. The number of amides is 1. The fraction of sp³-hybridized carbons (Fsp3) is 0.300. The first-order valence-electron chi connectivity index (χ1n) is 8.67. The van der Waals surface area contributed by atoms with Gasteiger partial charge in [0.1, 0.15) is 0 Å². The van der Waals surface area contributed by atoms with Gasteiger partial charge in [0.15, 0.2) is 5.65 Å². The summed E-state index contributed by atoms with van der Waals surface area (Å²) in [5, 5.41) is 8.02. The number of carbonyl (C=O) groups excluding carboxylic acids is 2. The maximum Gasteiger partial charge on any atom is 0.337 e. The number of nitrogens with one attached hydrogen (secondary N) is 1. The van der Waals surface area contributed by atoms with Crippen LogP contribution in [-0.4, -0.2) is 33.8 Å². The van der Waals surface area contributed by atoms with Gasteiger partial charge in [0.25, 0.3) is 5.91 Å². The van der Waals surface area contributed by atoms with Crippen LogP contribution in [0.4, 0.5) is 5.69 Å². The smallest absolute Gasteiger partial charge is 0.337 e. The second kappa shape index (κ2) is 7.19. The molecule has 0 aliphatic heterocycles. The predicted octanol–water partition coefficient (Wildman–Crippen LogP) is 3.67. The predicted molar refractivity (Wildman–Crippen MR) is 103 cm³/mol. The van der Waals surface area contributed by atoms with Gasteiger partial charge in [-0.2, -0.15) is 5.10 Å². The summed E-state index contributed by atoms with van der Waals surface area (Å²) in [6, 6.07) is 7.01. The number of anilines is 1. The maximum atomic E-state index is 12.8. The number of benzene rings is 1. The highest BCUT2D eigenvalue weighted by molar-refractivity contribution is 6.07. The number of aromatic nitrogens is 3. The van der Waals surface area contributed by atoms with Crippen LogP contribution < -0.4 is 5.32 Å². The van der Waals surface area contributed by atoms with Crippen LogP contribution in [0, 0.1) is 13.8 Å². The van der Waals surface area contributed by atoms with Crippen LogP contribution in [0.2, 0.25) is 0 Å². The van der Waals surface area contributed by atoms with E-state index < -0.39 is 5.97 Å². The molecule has 0 bridgehead atoms. The van der Waals surface area contributed by atoms with Crippen molar-refractivity contribution < 1.29 is 14.3 Å². The fourth-order valence-electron chi connectivity index (χ4n) is 2.86. The van der Waals surface area contributed by atoms with E-state index in [2.05, 4.69) is 15.4 Å². The number of methoxy groups -OCH3 is 1. The minimum atomic E-state index is -0.453. The molecule has 2 aromatic heterocycles. The monoisotopic (exact) mass is 366 g/mol. The van der Waals surface area contributed by atoms with Crippen molar-refractivity contribution in [3.63, 3.8) is 0 Å². The highest BCUT2D eigenvalue weighted by Gasteiger charge is 2.17. The number of hydrogen-bond donors (Lipinski definition) is 1. The van der Waals surface area contributed by atoms with E-state index in [9.17, 15) is 9.59 Å². The average Bonchev–Trinajstić information content (AvgIpc) is 3.05. The molecule has 0 unspecified atom stereocenters. The number of aryl methyl sites for hydroxylation is 2. The molecule has 3 aromatic rings. The normalized spacial score (nSPS) is 11.0. The molecule has 1 amide bonds. The maximum absolute atomic E-state index is 12.8. The Morgan fingerprint density at radius 3 is 2.59 bits per heavy atom. The average molecular weight is 366 g/mol. The lowest BCUT2D eigenvalue weighted by atomic mass is 10.1. The van der Waals surface area contributed by atoms with Crippen molar-refractivity contribution in [2.75, 3.05) is 12.4 Å². The number of pyridine rings is 1. The zero-order chi connectivity index (χ0) is 19.7. The highest BCUT2D eigenvalue weighted by Crippen LogP contribution is 2.22. The Hall–Kier alpha value is -3.22. The van der Waals surface area contributed by atoms with Gasteiger partial charge in [0, 0.05) is 17.1 Å². The van der Waals surface area contributed by atoms with Gasteiger partial charge >= 0.3 is 5.97 Å². The number of carbonyl (C=O) groups is 2. The molecule has 0 saturated carbocycles. The van der Waals surface area contributed by atoms with Crippen LogP contribution in [0.3, 0.4) is 0 Å². The Morgan fingerprint density at radius 2 is 1.93 bits per heavy atom. The Morgan fingerprint density at radius 1 is 1.19 bits per heavy atom. The number of ether oxygens (including phenoxy) is 1. The molecule has 2 heterocycles. The van der Waals surface area contributed by atoms with Gasteiger partial charge in [-0.1, -0.05) is 6.07 Å². The second-order valence-corrected chi connectivity index (χ2v) is 6.69. The number of esters is 1. The molecule has 7 heteroatoms. The third-order valence-electron chi connectivity index (χ3n) is 4.40. The Kier molecular flexibility index (Phi) is 4.94. The van der Waals surface area contributed by atoms with Crippen molar-refractivity contribution in [3.05, 3.63) is 52.8 Å². The molecule has 140 valence electrons. The number of rotatable bonds is 4. The first kappa shape index (κ1) is 18.6. The van der Waals surface area contributed by atoms with E-state index in [1.54, 1.807) is 37.4 Å². The van der Waals surface area contributed by atoms with E-state index in [1.807, 2.05) is 25.5 Å². The van der Waals surface area contributed by atoms with Crippen molar-refractivity contribution >= 4 is 28.6 Å². The van der Waals surface area contributed by atoms with E-state index >= 15 is 0 Å². The minimum Gasteiger partial charge on any atom is -0.465 e. The third-order valence-corrected chi connectivity index (χ3v) is 4.40. The van der Waals surface area contributed by atoms with Crippen LogP contribution in [0.15, 0.2) is 30.5 Å². The molecule has 7 nitrogen and oxygen atoms in total. The Bertz CT molecular complexity index is 1040. The molecule has 27 heavy (non-hydrogen) atoms. The molecule has 0 aliphatic carbocycles. The largest absolute Gasteiger partial charge is 0.465 e. The van der Waals surface area contributed by atoms with Gasteiger partial charge in [-0.3, -0.25) is 4.79 Å². The summed E-state index contributed by atoms with van der Waals surface area (Å²) in [4.78, 5) is 29.1. The van der Waals surface area contributed by atoms with Crippen molar-refractivity contribution in [2.45, 2.75) is 33.7 Å². The van der Waals surface area contributed by atoms with Crippen molar-refractivity contribution in [1.29, 1.82) is 0 Å². The number of fused-ring (bicyclic) bond motifs is 1. The second-order valence-electron chi connectivity index (χ2n) is 6.69. The molecule has 0 radical (unpaired) electrons. The van der Waals surface area contributed by atoms with Crippen molar-refractivity contribution in [1.82, 2.24) is 14.8 Å². The Balaban J connectivity index is 1.95. The first-order valence-corrected chi connectivity index (χ1v) is 8.67. The van der Waals surface area contributed by atoms with E-state index in [0.717, 1.165) is 16.6 Å². The Labute approximate surface area is 157 Å². The van der Waals surface area contributed by atoms with Gasteiger partial charge in [-0.15, -0.1) is 0 Å². The van der Waals surface area contributed by atoms with Crippen LogP contribution >= 0.6 is 0 Å². The molecule has 1 N–H and O–H groups in total. The molecule has 0 saturated heterocycles. The van der Waals surface area contributed by atoms with Crippen LogP contribution in [0.5, 0.6) is 0 Å².